The van der Waals surface area contributed by atoms with Gasteiger partial charge in [0.1, 0.15) is 0 Å². The van der Waals surface area contributed by atoms with E-state index in [1.54, 1.807) is 0 Å². The normalized spacial score (nSPS) is 10.4. The van der Waals surface area contributed by atoms with Crippen LogP contribution in [0.3, 0.4) is 0 Å². The van der Waals surface area contributed by atoms with E-state index in [0.717, 1.165) is 18.2 Å². The number of hydrogen-bond acceptors (Lipinski definition) is 5. The van der Waals surface area contributed by atoms with Crippen molar-refractivity contribution in [2.75, 3.05) is 10.6 Å². The molecule has 0 aliphatic carbocycles. The number of nitrogens with one attached hydrogen (secondary N) is 2. The number of hydrogen-bond donors (Lipinski definition) is 3. The van der Waals surface area contributed by atoms with E-state index in [0.29, 0.717) is 4.47 Å². The highest BCUT2D eigenvalue weighted by Crippen LogP contribution is 2.32. The second-order valence-corrected chi connectivity index (χ2v) is 5.81. The van der Waals surface area contributed by atoms with Crippen molar-refractivity contribution in [2.45, 2.75) is 6.61 Å². The maximum atomic E-state index is 12.4. The van der Waals surface area contributed by atoms with Gasteiger partial charge >= 0.3 is 18.4 Å². The Bertz CT molecular complexity index is 909. The van der Waals surface area contributed by atoms with Gasteiger partial charge in [-0.2, -0.15) is 8.78 Å². The Morgan fingerprint density at radius 3 is 2.48 bits per heavy atom. The first kappa shape index (κ1) is 20.0. The van der Waals surface area contributed by atoms with Crippen molar-refractivity contribution >= 4 is 45.0 Å². The molecule has 0 saturated heterocycles. The van der Waals surface area contributed by atoms with Crippen molar-refractivity contribution in [2.24, 2.45) is 0 Å². The Morgan fingerprint density at radius 1 is 1.19 bits per heavy atom. The van der Waals surface area contributed by atoms with Crippen LogP contribution >= 0.6 is 15.9 Å². The van der Waals surface area contributed by atoms with Gasteiger partial charge in [0, 0.05) is 16.2 Å². The fraction of sp³-hybridized carbons (Fsp3) is 0.0667. The monoisotopic (exact) mass is 445 g/mol. The lowest BCUT2D eigenvalue weighted by Gasteiger charge is -2.11. The quantitative estimate of drug-likeness (QED) is 0.448. The zero-order valence-corrected chi connectivity index (χ0v) is 14.7. The number of benzene rings is 2. The predicted molar refractivity (Wildman–Crippen MR) is 93.5 cm³/mol. The number of carbonyl (C=O) groups excluding carboxylic acids is 1. The Labute approximate surface area is 158 Å². The van der Waals surface area contributed by atoms with Gasteiger partial charge in [-0.3, -0.25) is 20.2 Å². The first-order valence-electron chi connectivity index (χ1n) is 7.01. The van der Waals surface area contributed by atoms with Crippen LogP contribution in [-0.2, 0) is 0 Å². The van der Waals surface area contributed by atoms with E-state index in [1.165, 1.54) is 18.2 Å². The molecule has 0 heterocycles. The van der Waals surface area contributed by atoms with Crippen LogP contribution in [0.25, 0.3) is 0 Å². The fourth-order valence-electron chi connectivity index (χ4n) is 2.06. The Kier molecular flexibility index (Phi) is 6.23. The summed E-state index contributed by atoms with van der Waals surface area (Å²) >= 11 is 3.14. The highest BCUT2D eigenvalue weighted by molar-refractivity contribution is 9.10. The highest BCUT2D eigenvalue weighted by Gasteiger charge is 2.21. The zero-order chi connectivity index (χ0) is 20.1. The van der Waals surface area contributed by atoms with Gasteiger partial charge in [-0.15, -0.1) is 0 Å². The molecular formula is C15H10BrF2N3O6. The minimum Gasteiger partial charge on any atom is -0.465 e. The second-order valence-electron chi connectivity index (χ2n) is 4.89. The van der Waals surface area contributed by atoms with Crippen molar-refractivity contribution in [3.63, 3.8) is 0 Å². The molecule has 0 aliphatic heterocycles. The topological polar surface area (TPSA) is 131 Å². The second kappa shape index (κ2) is 8.40. The van der Waals surface area contributed by atoms with E-state index in [4.69, 9.17) is 5.11 Å². The standard InChI is InChI=1S/C15H10BrF2N3O6/c16-7-1-3-9(10(5-7)20-15(23)24)13(22)19-8-2-4-12(27-14(17)18)11(6-8)21(25)26/h1-6,14,20H,(H,19,22)(H,23,24). The average Bonchev–Trinajstić information content (AvgIpc) is 2.55. The van der Waals surface area contributed by atoms with E-state index in [9.17, 15) is 28.5 Å². The van der Waals surface area contributed by atoms with Crippen molar-refractivity contribution in [1.82, 2.24) is 0 Å². The lowest BCUT2D eigenvalue weighted by molar-refractivity contribution is -0.386. The van der Waals surface area contributed by atoms with E-state index >= 15 is 0 Å². The number of halogens is 3. The number of anilines is 2. The van der Waals surface area contributed by atoms with E-state index in [1.807, 2.05) is 0 Å². The largest absolute Gasteiger partial charge is 0.465 e. The third-order valence-corrected chi connectivity index (χ3v) is 3.59. The highest BCUT2D eigenvalue weighted by atomic mass is 79.9. The number of carbonyl (C=O) groups is 2. The molecule has 0 saturated carbocycles. The van der Waals surface area contributed by atoms with E-state index in [-0.39, 0.29) is 16.9 Å². The number of carboxylic acid groups (broad SMARTS) is 1. The molecule has 9 nitrogen and oxygen atoms in total. The summed E-state index contributed by atoms with van der Waals surface area (Å²) in [7, 11) is 0. The number of rotatable bonds is 6. The van der Waals surface area contributed by atoms with E-state index in [2.05, 4.69) is 31.3 Å². The minimum atomic E-state index is -3.25. The molecule has 0 spiro atoms. The van der Waals surface area contributed by atoms with Crippen LogP contribution < -0.4 is 15.4 Å². The molecule has 2 aromatic carbocycles. The maximum absolute atomic E-state index is 12.4. The molecule has 0 fully saturated rings. The average molecular weight is 446 g/mol. The molecular weight excluding hydrogens is 436 g/mol. The molecule has 12 heteroatoms. The Hall–Kier alpha value is -3.28. The minimum absolute atomic E-state index is 0.0264. The van der Waals surface area contributed by atoms with Gasteiger partial charge in [-0.25, -0.2) is 4.79 Å². The SMILES string of the molecule is O=C(O)Nc1cc(Br)ccc1C(=O)Nc1ccc(OC(F)F)c([N+](=O)[O-])c1. The third-order valence-electron chi connectivity index (χ3n) is 3.10. The van der Waals surface area contributed by atoms with Gasteiger partial charge in [0.15, 0.2) is 0 Å². The van der Waals surface area contributed by atoms with Crippen LogP contribution in [0.5, 0.6) is 5.75 Å². The van der Waals surface area contributed by atoms with E-state index < -0.39 is 35.0 Å². The molecule has 2 rings (SSSR count). The summed E-state index contributed by atoms with van der Waals surface area (Å²) in [4.78, 5) is 33.3. The first-order valence-corrected chi connectivity index (χ1v) is 7.80. The van der Waals surface area contributed by atoms with Crippen LogP contribution in [0, 0.1) is 10.1 Å². The Balaban J connectivity index is 2.32. The summed E-state index contributed by atoms with van der Waals surface area (Å²) in [6, 6.07) is 7.06. The van der Waals surface area contributed by atoms with Crippen LogP contribution in [-0.4, -0.2) is 28.6 Å². The molecule has 0 aliphatic rings. The molecule has 2 amide bonds. The molecule has 0 bridgehead atoms. The van der Waals surface area contributed by atoms with Crippen molar-refractivity contribution in [3.05, 3.63) is 56.5 Å². The summed E-state index contributed by atoms with van der Waals surface area (Å²) < 4.78 is 29.2. The first-order chi connectivity index (χ1) is 12.7. The van der Waals surface area contributed by atoms with Gasteiger partial charge in [-0.05, 0) is 30.3 Å². The number of ether oxygens (including phenoxy) is 1. The van der Waals surface area contributed by atoms with Crippen LogP contribution in [0.1, 0.15) is 10.4 Å². The molecule has 2 aromatic rings. The van der Waals surface area contributed by atoms with Crippen LogP contribution in [0.4, 0.5) is 30.6 Å². The summed E-state index contributed by atoms with van der Waals surface area (Å²) in [6.07, 6.45) is -1.40. The number of alkyl halides is 2. The van der Waals surface area contributed by atoms with Gasteiger partial charge in [0.05, 0.1) is 16.2 Å². The van der Waals surface area contributed by atoms with Gasteiger partial charge in [0.2, 0.25) is 5.75 Å². The molecule has 3 N–H and O–H groups in total. The van der Waals surface area contributed by atoms with Crippen molar-refractivity contribution in [1.29, 1.82) is 0 Å². The maximum Gasteiger partial charge on any atom is 0.409 e. The zero-order valence-electron chi connectivity index (χ0n) is 13.1. The Morgan fingerprint density at radius 2 is 1.89 bits per heavy atom. The number of nitrogens with zero attached hydrogens (tertiary/aromatic N) is 1. The summed E-state index contributed by atoms with van der Waals surface area (Å²) in [5.74, 6) is -1.44. The van der Waals surface area contributed by atoms with Gasteiger partial charge < -0.3 is 15.2 Å². The lowest BCUT2D eigenvalue weighted by Crippen LogP contribution is -2.17. The molecule has 0 aromatic heterocycles. The molecule has 0 unspecified atom stereocenters. The summed E-state index contributed by atoms with van der Waals surface area (Å²) in [6.45, 7) is -3.25. The molecule has 27 heavy (non-hydrogen) atoms. The van der Waals surface area contributed by atoms with Gasteiger partial charge in [0.25, 0.3) is 5.91 Å². The molecule has 0 radical (unpaired) electrons. The molecule has 0 atom stereocenters. The van der Waals surface area contributed by atoms with Crippen molar-refractivity contribution in [3.8, 4) is 5.75 Å². The van der Waals surface area contributed by atoms with Gasteiger partial charge in [-0.1, -0.05) is 15.9 Å². The van der Waals surface area contributed by atoms with Crippen LogP contribution in [0.15, 0.2) is 40.9 Å². The number of nitro groups is 1. The third kappa shape index (κ3) is 5.34. The summed E-state index contributed by atoms with van der Waals surface area (Å²) in [5, 5.41) is 24.2. The number of nitro benzene ring substituents is 1. The summed E-state index contributed by atoms with van der Waals surface area (Å²) in [5.41, 5.74) is -0.928. The van der Waals surface area contributed by atoms with Crippen LogP contribution in [0.2, 0.25) is 0 Å². The smallest absolute Gasteiger partial charge is 0.409 e. The van der Waals surface area contributed by atoms with Crippen molar-refractivity contribution < 1.29 is 33.1 Å². The number of amides is 2. The fourth-order valence-corrected chi connectivity index (χ4v) is 2.43. The predicted octanol–water partition coefficient (Wildman–Crippen LogP) is 4.30. The lowest BCUT2D eigenvalue weighted by atomic mass is 10.1. The molecule has 142 valence electrons.